The van der Waals surface area contributed by atoms with Gasteiger partial charge in [-0.2, -0.15) is 0 Å². The summed E-state index contributed by atoms with van der Waals surface area (Å²) in [5, 5.41) is 3.22. The molecule has 4 nitrogen and oxygen atoms in total. The van der Waals surface area contributed by atoms with Gasteiger partial charge in [-0.25, -0.2) is 0 Å². The maximum atomic E-state index is 10.6. The lowest BCUT2D eigenvalue weighted by Crippen LogP contribution is -2.21. The molecule has 3 N–H and O–H groups in total. The predicted octanol–water partition coefficient (Wildman–Crippen LogP) is 0.969. The van der Waals surface area contributed by atoms with E-state index >= 15 is 0 Å². The van der Waals surface area contributed by atoms with Gasteiger partial charge >= 0.3 is 0 Å². The van der Waals surface area contributed by atoms with Crippen LogP contribution in [0.25, 0.3) is 0 Å². The van der Waals surface area contributed by atoms with Crippen molar-refractivity contribution in [2.24, 2.45) is 5.73 Å². The molecule has 1 amide bonds. The highest BCUT2D eigenvalue weighted by atomic mass is 16.5. The van der Waals surface area contributed by atoms with Crippen LogP contribution in [-0.2, 0) is 11.3 Å². The smallest absolute Gasteiger partial charge is 0.255 e. The van der Waals surface area contributed by atoms with E-state index in [-0.39, 0.29) is 6.61 Å². The molecule has 0 saturated carbocycles. The second kappa shape index (κ2) is 6.12. The van der Waals surface area contributed by atoms with Crippen molar-refractivity contribution in [3.8, 4) is 5.75 Å². The number of nitrogens with one attached hydrogen (secondary N) is 1. The minimum absolute atomic E-state index is 0.0812. The number of nitrogens with two attached hydrogens (primary N) is 1. The van der Waals surface area contributed by atoms with Crippen LogP contribution in [0.4, 0.5) is 0 Å². The third-order valence-corrected chi connectivity index (χ3v) is 2.15. The number of ether oxygens (including phenoxy) is 1. The van der Waals surface area contributed by atoms with Crippen LogP contribution in [0.15, 0.2) is 18.2 Å². The van der Waals surface area contributed by atoms with Gasteiger partial charge in [0.1, 0.15) is 5.75 Å². The summed E-state index contributed by atoms with van der Waals surface area (Å²) in [7, 11) is 0. The Hall–Kier alpha value is -1.55. The molecular weight excluding hydrogens is 204 g/mol. The molecule has 0 fully saturated rings. The van der Waals surface area contributed by atoms with E-state index in [0.717, 1.165) is 18.7 Å². The minimum Gasteiger partial charge on any atom is -0.483 e. The molecule has 16 heavy (non-hydrogen) atoms. The molecule has 0 saturated heterocycles. The number of primary amides is 1. The largest absolute Gasteiger partial charge is 0.483 e. The summed E-state index contributed by atoms with van der Waals surface area (Å²) >= 11 is 0. The summed E-state index contributed by atoms with van der Waals surface area (Å²) in [5.74, 6) is 0.250. The van der Waals surface area contributed by atoms with Crippen molar-refractivity contribution in [2.75, 3.05) is 13.2 Å². The first-order chi connectivity index (χ1) is 7.63. The molecule has 0 bridgehead atoms. The first-order valence-corrected chi connectivity index (χ1v) is 5.34. The first-order valence-electron chi connectivity index (χ1n) is 5.34. The fourth-order valence-electron chi connectivity index (χ4n) is 1.40. The van der Waals surface area contributed by atoms with Crippen molar-refractivity contribution < 1.29 is 9.53 Å². The van der Waals surface area contributed by atoms with E-state index in [4.69, 9.17) is 10.5 Å². The number of benzene rings is 1. The molecule has 0 aliphatic rings. The van der Waals surface area contributed by atoms with E-state index in [2.05, 4.69) is 5.32 Å². The number of carbonyl (C=O) groups excluding carboxylic acids is 1. The molecule has 0 atom stereocenters. The SMILES string of the molecule is CCNCc1cc(C)ccc1OCC(N)=O. The zero-order chi connectivity index (χ0) is 12.0. The molecule has 1 rings (SSSR count). The lowest BCUT2D eigenvalue weighted by molar-refractivity contribution is -0.119. The highest BCUT2D eigenvalue weighted by molar-refractivity contribution is 5.75. The van der Waals surface area contributed by atoms with Crippen LogP contribution in [0.1, 0.15) is 18.1 Å². The van der Waals surface area contributed by atoms with Crippen molar-refractivity contribution >= 4 is 5.91 Å². The van der Waals surface area contributed by atoms with Crippen LogP contribution in [0, 0.1) is 6.92 Å². The molecular formula is C12H18N2O2. The van der Waals surface area contributed by atoms with Gasteiger partial charge < -0.3 is 15.8 Å². The standard InChI is InChI=1S/C12H18N2O2/c1-3-14-7-10-6-9(2)4-5-11(10)16-8-12(13)15/h4-6,14H,3,7-8H2,1-2H3,(H2,13,15). The molecule has 1 aromatic rings. The van der Waals surface area contributed by atoms with E-state index in [1.54, 1.807) is 0 Å². The lowest BCUT2D eigenvalue weighted by atomic mass is 10.1. The van der Waals surface area contributed by atoms with Crippen LogP contribution >= 0.6 is 0 Å². The van der Waals surface area contributed by atoms with Crippen molar-refractivity contribution in [3.63, 3.8) is 0 Å². The Balaban J connectivity index is 2.76. The van der Waals surface area contributed by atoms with Gasteiger partial charge in [-0.15, -0.1) is 0 Å². The van der Waals surface area contributed by atoms with E-state index in [0.29, 0.717) is 5.75 Å². The molecule has 0 heterocycles. The average Bonchev–Trinajstić information content (AvgIpc) is 2.24. The van der Waals surface area contributed by atoms with E-state index in [9.17, 15) is 4.79 Å². The van der Waals surface area contributed by atoms with Gasteiger partial charge in [-0.05, 0) is 19.5 Å². The van der Waals surface area contributed by atoms with Crippen molar-refractivity contribution in [1.82, 2.24) is 5.32 Å². The van der Waals surface area contributed by atoms with Gasteiger partial charge in [0.2, 0.25) is 0 Å². The minimum atomic E-state index is -0.463. The highest BCUT2D eigenvalue weighted by Crippen LogP contribution is 2.19. The summed E-state index contributed by atoms with van der Waals surface area (Å²) in [6.07, 6.45) is 0. The van der Waals surface area contributed by atoms with Crippen molar-refractivity contribution in [1.29, 1.82) is 0 Å². The summed E-state index contributed by atoms with van der Waals surface area (Å²) in [6, 6.07) is 5.86. The van der Waals surface area contributed by atoms with Crippen molar-refractivity contribution in [3.05, 3.63) is 29.3 Å². The monoisotopic (exact) mass is 222 g/mol. The van der Waals surface area contributed by atoms with Gasteiger partial charge in [-0.3, -0.25) is 4.79 Å². The van der Waals surface area contributed by atoms with Crippen LogP contribution < -0.4 is 15.8 Å². The Morgan fingerprint density at radius 3 is 2.88 bits per heavy atom. The molecule has 0 aromatic heterocycles. The predicted molar refractivity (Wildman–Crippen MR) is 63.2 cm³/mol. The quantitative estimate of drug-likeness (QED) is 0.753. The lowest BCUT2D eigenvalue weighted by Gasteiger charge is -2.11. The first kappa shape index (κ1) is 12.5. The maximum Gasteiger partial charge on any atom is 0.255 e. The van der Waals surface area contributed by atoms with Gasteiger partial charge in [0, 0.05) is 12.1 Å². The number of aryl methyl sites for hydroxylation is 1. The third kappa shape index (κ3) is 3.90. The molecule has 4 heteroatoms. The fourth-order valence-corrected chi connectivity index (χ4v) is 1.40. The Kier molecular flexibility index (Phi) is 4.79. The maximum absolute atomic E-state index is 10.6. The Labute approximate surface area is 95.8 Å². The van der Waals surface area contributed by atoms with Crippen molar-refractivity contribution in [2.45, 2.75) is 20.4 Å². The van der Waals surface area contributed by atoms with Crippen LogP contribution in [0.3, 0.4) is 0 Å². The zero-order valence-corrected chi connectivity index (χ0v) is 9.75. The molecule has 0 aliphatic carbocycles. The fraction of sp³-hybridized carbons (Fsp3) is 0.417. The van der Waals surface area contributed by atoms with Crippen LogP contribution in [0.2, 0.25) is 0 Å². The number of carbonyl (C=O) groups is 1. The van der Waals surface area contributed by atoms with Gasteiger partial charge in [0.15, 0.2) is 6.61 Å². The zero-order valence-electron chi connectivity index (χ0n) is 9.75. The molecule has 0 unspecified atom stereocenters. The molecule has 88 valence electrons. The van der Waals surface area contributed by atoms with Crippen LogP contribution in [-0.4, -0.2) is 19.1 Å². The summed E-state index contributed by atoms with van der Waals surface area (Å²) < 4.78 is 5.34. The summed E-state index contributed by atoms with van der Waals surface area (Å²) in [6.45, 7) is 5.60. The molecule has 0 aliphatic heterocycles. The molecule has 0 radical (unpaired) electrons. The normalized spacial score (nSPS) is 10.1. The Bertz CT molecular complexity index is 364. The number of hydrogen-bond acceptors (Lipinski definition) is 3. The number of hydrogen-bond donors (Lipinski definition) is 2. The second-order valence-corrected chi connectivity index (χ2v) is 3.65. The second-order valence-electron chi connectivity index (χ2n) is 3.65. The van der Waals surface area contributed by atoms with E-state index < -0.39 is 5.91 Å². The van der Waals surface area contributed by atoms with E-state index in [1.807, 2.05) is 32.0 Å². The van der Waals surface area contributed by atoms with Gasteiger partial charge in [-0.1, -0.05) is 24.6 Å². The van der Waals surface area contributed by atoms with Gasteiger partial charge in [0.05, 0.1) is 0 Å². The molecule has 0 spiro atoms. The van der Waals surface area contributed by atoms with Gasteiger partial charge in [0.25, 0.3) is 5.91 Å². The highest BCUT2D eigenvalue weighted by Gasteiger charge is 2.05. The summed E-state index contributed by atoms with van der Waals surface area (Å²) in [5.41, 5.74) is 7.25. The topological polar surface area (TPSA) is 64.3 Å². The van der Waals surface area contributed by atoms with E-state index in [1.165, 1.54) is 5.56 Å². The average molecular weight is 222 g/mol. The Morgan fingerprint density at radius 2 is 2.25 bits per heavy atom. The molecule has 1 aromatic carbocycles. The summed E-state index contributed by atoms with van der Waals surface area (Å²) in [4.78, 5) is 10.6. The third-order valence-electron chi connectivity index (χ3n) is 2.15. The number of amides is 1. The van der Waals surface area contributed by atoms with Crippen LogP contribution in [0.5, 0.6) is 5.75 Å². The number of rotatable bonds is 6. The Morgan fingerprint density at radius 1 is 1.50 bits per heavy atom.